The third-order valence-corrected chi connectivity index (χ3v) is 3.86. The van der Waals surface area contributed by atoms with Crippen molar-refractivity contribution in [3.63, 3.8) is 0 Å². The van der Waals surface area contributed by atoms with Crippen molar-refractivity contribution in [1.82, 2.24) is 4.68 Å². The Morgan fingerprint density at radius 1 is 1.26 bits per heavy atom. The van der Waals surface area contributed by atoms with Gasteiger partial charge in [-0.05, 0) is 29.8 Å². The van der Waals surface area contributed by atoms with E-state index in [0.29, 0.717) is 12.3 Å². The standard InChI is InChI=1S/C17H14FN3OS/c1-2-9-19-17-21(15(12-23-17)16-4-3-10-22-16)20-11-13-5-7-14(18)8-6-13/h2-8,10-12H,1,9H2. The first-order valence-electron chi connectivity index (χ1n) is 6.93. The van der Waals surface area contributed by atoms with Crippen molar-refractivity contribution < 1.29 is 8.81 Å². The number of benzene rings is 1. The molecule has 0 spiro atoms. The molecule has 0 unspecified atom stereocenters. The van der Waals surface area contributed by atoms with Gasteiger partial charge >= 0.3 is 0 Å². The van der Waals surface area contributed by atoms with Gasteiger partial charge in [0.25, 0.3) is 0 Å². The lowest BCUT2D eigenvalue weighted by Crippen LogP contribution is -2.12. The van der Waals surface area contributed by atoms with Crippen LogP contribution in [0.3, 0.4) is 0 Å². The van der Waals surface area contributed by atoms with Crippen LogP contribution in [0, 0.1) is 5.82 Å². The molecule has 0 fully saturated rings. The molecule has 2 heterocycles. The van der Waals surface area contributed by atoms with Crippen LogP contribution in [0.2, 0.25) is 0 Å². The molecule has 3 aromatic rings. The normalized spacial score (nSPS) is 12.1. The highest BCUT2D eigenvalue weighted by atomic mass is 32.1. The molecule has 0 atom stereocenters. The zero-order chi connectivity index (χ0) is 16.1. The van der Waals surface area contributed by atoms with Crippen molar-refractivity contribution in [1.29, 1.82) is 0 Å². The average molecular weight is 327 g/mol. The first-order chi connectivity index (χ1) is 11.3. The Balaban J connectivity index is 2.03. The van der Waals surface area contributed by atoms with E-state index in [-0.39, 0.29) is 5.82 Å². The summed E-state index contributed by atoms with van der Waals surface area (Å²) in [6.07, 6.45) is 4.99. The maximum atomic E-state index is 13.0. The van der Waals surface area contributed by atoms with E-state index in [1.807, 2.05) is 17.5 Å². The van der Waals surface area contributed by atoms with Gasteiger partial charge in [-0.25, -0.2) is 9.07 Å². The molecule has 0 saturated carbocycles. The first-order valence-corrected chi connectivity index (χ1v) is 7.81. The van der Waals surface area contributed by atoms with Gasteiger partial charge in [0.1, 0.15) is 11.5 Å². The van der Waals surface area contributed by atoms with E-state index in [0.717, 1.165) is 16.1 Å². The number of rotatable bonds is 5. The average Bonchev–Trinajstić information content (AvgIpc) is 3.21. The first kappa shape index (κ1) is 15.2. The minimum Gasteiger partial charge on any atom is -0.463 e. The van der Waals surface area contributed by atoms with Gasteiger partial charge in [-0.15, -0.1) is 17.9 Å². The highest BCUT2D eigenvalue weighted by Gasteiger charge is 2.09. The maximum Gasteiger partial charge on any atom is 0.206 e. The number of aromatic nitrogens is 1. The van der Waals surface area contributed by atoms with Gasteiger partial charge in [-0.2, -0.15) is 5.10 Å². The van der Waals surface area contributed by atoms with E-state index in [1.54, 1.807) is 35.4 Å². The fraction of sp³-hybridized carbons (Fsp3) is 0.0588. The van der Waals surface area contributed by atoms with E-state index in [1.165, 1.54) is 23.5 Å². The van der Waals surface area contributed by atoms with Gasteiger partial charge in [0.05, 0.1) is 19.0 Å². The molecule has 0 radical (unpaired) electrons. The largest absolute Gasteiger partial charge is 0.463 e. The van der Waals surface area contributed by atoms with Crippen molar-refractivity contribution >= 4 is 17.6 Å². The van der Waals surface area contributed by atoms with Crippen LogP contribution >= 0.6 is 11.3 Å². The Hall–Kier alpha value is -2.73. The van der Waals surface area contributed by atoms with E-state index in [4.69, 9.17) is 4.42 Å². The topological polar surface area (TPSA) is 42.8 Å². The van der Waals surface area contributed by atoms with Crippen molar-refractivity contribution in [3.8, 4) is 11.5 Å². The van der Waals surface area contributed by atoms with Crippen molar-refractivity contribution in [2.45, 2.75) is 0 Å². The molecule has 3 rings (SSSR count). The second-order valence-electron chi connectivity index (χ2n) is 4.62. The van der Waals surface area contributed by atoms with Crippen LogP contribution < -0.4 is 4.80 Å². The number of furan rings is 1. The van der Waals surface area contributed by atoms with Gasteiger partial charge in [0.15, 0.2) is 5.76 Å². The van der Waals surface area contributed by atoms with E-state index >= 15 is 0 Å². The Bertz CT molecular complexity index is 873. The molecule has 23 heavy (non-hydrogen) atoms. The number of hydrogen-bond donors (Lipinski definition) is 0. The van der Waals surface area contributed by atoms with Crippen molar-refractivity contribution in [2.24, 2.45) is 10.1 Å². The Labute approximate surface area is 136 Å². The number of nitrogens with zero attached hydrogens (tertiary/aromatic N) is 3. The summed E-state index contributed by atoms with van der Waals surface area (Å²) in [5, 5.41) is 6.40. The van der Waals surface area contributed by atoms with Crippen LogP contribution in [0.5, 0.6) is 0 Å². The van der Waals surface area contributed by atoms with Gasteiger partial charge in [-0.3, -0.25) is 4.99 Å². The maximum absolute atomic E-state index is 13.0. The molecule has 4 nitrogen and oxygen atoms in total. The molecule has 2 aromatic heterocycles. The van der Waals surface area contributed by atoms with Crippen LogP contribution in [0.1, 0.15) is 5.56 Å². The summed E-state index contributed by atoms with van der Waals surface area (Å²) in [5.74, 6) is 0.431. The molecule has 0 aliphatic carbocycles. The fourth-order valence-corrected chi connectivity index (χ4v) is 2.76. The zero-order valence-electron chi connectivity index (χ0n) is 12.2. The Morgan fingerprint density at radius 3 is 2.78 bits per heavy atom. The molecule has 6 heteroatoms. The molecular formula is C17H14FN3OS. The smallest absolute Gasteiger partial charge is 0.206 e. The number of halogens is 1. The molecule has 0 N–H and O–H groups in total. The Morgan fingerprint density at radius 2 is 2.09 bits per heavy atom. The molecule has 0 aliphatic heterocycles. The molecule has 0 saturated heterocycles. The summed E-state index contributed by atoms with van der Waals surface area (Å²) in [7, 11) is 0. The van der Waals surface area contributed by atoms with Crippen LogP contribution in [0.4, 0.5) is 4.39 Å². The molecule has 116 valence electrons. The summed E-state index contributed by atoms with van der Waals surface area (Å²) in [4.78, 5) is 5.16. The monoisotopic (exact) mass is 327 g/mol. The molecule has 0 bridgehead atoms. The summed E-state index contributed by atoms with van der Waals surface area (Å²) >= 11 is 1.47. The SMILES string of the molecule is C=CCN=c1scc(-c2ccco2)n1N=Cc1ccc(F)cc1. The quantitative estimate of drug-likeness (QED) is 0.517. The molecule has 0 amide bonds. The molecular weight excluding hydrogens is 313 g/mol. The van der Waals surface area contributed by atoms with Crippen molar-refractivity contribution in [2.75, 3.05) is 6.54 Å². The highest BCUT2D eigenvalue weighted by Crippen LogP contribution is 2.20. The van der Waals surface area contributed by atoms with Gasteiger partial charge < -0.3 is 4.42 Å². The summed E-state index contributed by atoms with van der Waals surface area (Å²) in [6, 6.07) is 9.81. The lowest BCUT2D eigenvalue weighted by Gasteiger charge is -2.00. The number of thiazole rings is 1. The minimum absolute atomic E-state index is 0.275. The Kier molecular flexibility index (Phi) is 4.63. The van der Waals surface area contributed by atoms with E-state index < -0.39 is 0 Å². The number of hydrogen-bond acceptors (Lipinski definition) is 4. The third kappa shape index (κ3) is 3.54. The van der Waals surface area contributed by atoms with E-state index in [9.17, 15) is 4.39 Å². The fourth-order valence-electron chi connectivity index (χ4n) is 1.93. The van der Waals surface area contributed by atoms with Crippen LogP contribution in [0.15, 0.2) is 75.2 Å². The van der Waals surface area contributed by atoms with Gasteiger partial charge in [0.2, 0.25) is 4.80 Å². The molecule has 0 aliphatic rings. The summed E-state index contributed by atoms with van der Waals surface area (Å²) in [6.45, 7) is 4.18. The third-order valence-electron chi connectivity index (χ3n) is 3.01. The molecule has 1 aromatic carbocycles. The summed E-state index contributed by atoms with van der Waals surface area (Å²) in [5.41, 5.74) is 1.60. The van der Waals surface area contributed by atoms with Crippen LogP contribution in [-0.2, 0) is 0 Å². The van der Waals surface area contributed by atoms with E-state index in [2.05, 4.69) is 16.7 Å². The predicted molar refractivity (Wildman–Crippen MR) is 90.0 cm³/mol. The second-order valence-corrected chi connectivity index (χ2v) is 5.45. The second kappa shape index (κ2) is 7.02. The lowest BCUT2D eigenvalue weighted by atomic mass is 10.2. The summed E-state index contributed by atoms with van der Waals surface area (Å²) < 4.78 is 20.1. The zero-order valence-corrected chi connectivity index (χ0v) is 13.0. The van der Waals surface area contributed by atoms with Gasteiger partial charge in [-0.1, -0.05) is 18.2 Å². The van der Waals surface area contributed by atoms with Crippen LogP contribution in [-0.4, -0.2) is 17.4 Å². The van der Waals surface area contributed by atoms with Gasteiger partial charge in [0, 0.05) is 5.38 Å². The lowest BCUT2D eigenvalue weighted by molar-refractivity contribution is 0.575. The van der Waals surface area contributed by atoms with Crippen LogP contribution in [0.25, 0.3) is 11.5 Å². The minimum atomic E-state index is -0.275. The highest BCUT2D eigenvalue weighted by molar-refractivity contribution is 7.07. The van der Waals surface area contributed by atoms with Crippen molar-refractivity contribution in [3.05, 3.63) is 76.9 Å². The predicted octanol–water partition coefficient (Wildman–Crippen LogP) is 3.92.